The summed E-state index contributed by atoms with van der Waals surface area (Å²) in [6.45, 7) is 7.68. The first-order valence-corrected chi connectivity index (χ1v) is 8.51. The number of aromatic nitrogens is 2. The first-order chi connectivity index (χ1) is 12.0. The number of amides is 1. The van der Waals surface area contributed by atoms with Gasteiger partial charge in [-0.25, -0.2) is 4.68 Å². The van der Waals surface area contributed by atoms with E-state index < -0.39 is 5.91 Å². The second kappa shape index (κ2) is 9.13. The molecular weight excluding hydrogens is 318 g/mol. The Morgan fingerprint density at radius 2 is 2.00 bits per heavy atom. The molecule has 6 nitrogen and oxygen atoms in total. The van der Waals surface area contributed by atoms with E-state index in [2.05, 4.69) is 24.3 Å². The van der Waals surface area contributed by atoms with Crippen molar-refractivity contribution in [2.75, 3.05) is 19.8 Å². The summed E-state index contributed by atoms with van der Waals surface area (Å²) in [7, 11) is 0. The van der Waals surface area contributed by atoms with Crippen LogP contribution < -0.4 is 10.7 Å². The number of hydrogen-bond acceptors (Lipinski definition) is 4. The fraction of sp³-hybridized carbons (Fsp3) is 0.421. The lowest BCUT2D eigenvalue weighted by molar-refractivity contribution is 0.0918. The van der Waals surface area contributed by atoms with E-state index in [1.165, 1.54) is 6.07 Å². The average molecular weight is 343 g/mol. The van der Waals surface area contributed by atoms with E-state index in [-0.39, 0.29) is 11.1 Å². The predicted octanol–water partition coefficient (Wildman–Crippen LogP) is 2.33. The van der Waals surface area contributed by atoms with Gasteiger partial charge in [0.05, 0.1) is 5.69 Å². The molecule has 0 bridgehead atoms. The van der Waals surface area contributed by atoms with Gasteiger partial charge in [0.25, 0.3) is 5.91 Å². The van der Waals surface area contributed by atoms with E-state index in [1.54, 1.807) is 11.6 Å². The van der Waals surface area contributed by atoms with Crippen LogP contribution in [0.2, 0.25) is 0 Å². The van der Waals surface area contributed by atoms with Crippen LogP contribution in [0.4, 0.5) is 0 Å². The highest BCUT2D eigenvalue weighted by Crippen LogP contribution is 2.07. The molecule has 1 amide bonds. The zero-order valence-electron chi connectivity index (χ0n) is 15.0. The van der Waals surface area contributed by atoms with Crippen molar-refractivity contribution >= 4 is 5.91 Å². The Labute approximate surface area is 147 Å². The molecule has 0 radical (unpaired) electrons. The van der Waals surface area contributed by atoms with Crippen molar-refractivity contribution < 1.29 is 9.53 Å². The maximum Gasteiger partial charge on any atom is 0.275 e. The summed E-state index contributed by atoms with van der Waals surface area (Å²) in [6.07, 6.45) is 0.692. The molecule has 1 N–H and O–H groups in total. The third-order valence-electron chi connectivity index (χ3n) is 3.53. The minimum atomic E-state index is -0.460. The quantitative estimate of drug-likeness (QED) is 0.747. The summed E-state index contributed by atoms with van der Waals surface area (Å²) in [6, 6.07) is 10.8. The molecule has 0 atom stereocenters. The van der Waals surface area contributed by atoms with Gasteiger partial charge in [-0.15, -0.1) is 0 Å². The van der Waals surface area contributed by atoms with E-state index in [9.17, 15) is 9.59 Å². The monoisotopic (exact) mass is 343 g/mol. The van der Waals surface area contributed by atoms with Crippen LogP contribution in [-0.2, 0) is 4.74 Å². The lowest BCUT2D eigenvalue weighted by atomic mass is 10.2. The normalized spacial score (nSPS) is 10.9. The number of carbonyl (C=O) groups is 1. The third kappa shape index (κ3) is 5.53. The molecule has 0 aliphatic carbocycles. The topological polar surface area (TPSA) is 73.2 Å². The zero-order chi connectivity index (χ0) is 18.2. The molecule has 1 aromatic heterocycles. The van der Waals surface area contributed by atoms with Crippen LogP contribution in [0.25, 0.3) is 5.69 Å². The van der Waals surface area contributed by atoms with Gasteiger partial charge in [0.1, 0.15) is 0 Å². The molecular formula is C19H25N3O3. The number of carbonyl (C=O) groups excluding carboxylic acids is 1. The zero-order valence-corrected chi connectivity index (χ0v) is 15.0. The fourth-order valence-electron chi connectivity index (χ4n) is 2.31. The van der Waals surface area contributed by atoms with Gasteiger partial charge in [0.2, 0.25) is 5.43 Å². The molecule has 0 fully saturated rings. The van der Waals surface area contributed by atoms with Gasteiger partial charge in [-0.3, -0.25) is 9.59 Å². The molecule has 0 aliphatic heterocycles. The van der Waals surface area contributed by atoms with E-state index in [0.29, 0.717) is 37.8 Å². The van der Waals surface area contributed by atoms with Crippen molar-refractivity contribution in [3.05, 3.63) is 58.0 Å². The Morgan fingerprint density at radius 1 is 1.28 bits per heavy atom. The molecule has 6 heteroatoms. The number of hydrogen-bond donors (Lipinski definition) is 1. The number of benzene rings is 1. The van der Waals surface area contributed by atoms with Crippen molar-refractivity contribution in [1.82, 2.24) is 15.1 Å². The SMILES string of the molecule is Cc1cc(=O)c(C(=O)NCCCOCC(C)C)nn1-c1ccccc1. The Hall–Kier alpha value is -2.47. The first kappa shape index (κ1) is 18.9. The molecule has 1 aromatic carbocycles. The lowest BCUT2D eigenvalue weighted by Crippen LogP contribution is -2.32. The standard InChI is InChI=1S/C19H25N3O3/c1-14(2)13-25-11-7-10-20-19(24)18-17(23)12-15(3)22(21-18)16-8-5-4-6-9-16/h4-6,8-9,12,14H,7,10-11,13H2,1-3H3,(H,20,24). The van der Waals surface area contributed by atoms with Gasteiger partial charge in [-0.05, 0) is 31.4 Å². The molecule has 0 spiro atoms. The predicted molar refractivity (Wildman–Crippen MR) is 97.2 cm³/mol. The Balaban J connectivity index is 2.01. The van der Waals surface area contributed by atoms with Gasteiger partial charge in [0, 0.05) is 31.5 Å². The number of para-hydroxylation sites is 1. The number of ether oxygens (including phenoxy) is 1. The number of nitrogens with zero attached hydrogens (tertiary/aromatic N) is 2. The summed E-state index contributed by atoms with van der Waals surface area (Å²) in [5, 5.41) is 6.97. The summed E-state index contributed by atoms with van der Waals surface area (Å²) in [5.41, 5.74) is 1.00. The average Bonchev–Trinajstić information content (AvgIpc) is 2.58. The molecule has 0 unspecified atom stereocenters. The van der Waals surface area contributed by atoms with Crippen molar-refractivity contribution in [1.29, 1.82) is 0 Å². The van der Waals surface area contributed by atoms with E-state index in [0.717, 1.165) is 5.69 Å². The van der Waals surface area contributed by atoms with Crippen LogP contribution in [0.5, 0.6) is 0 Å². The Kier molecular flexibility index (Phi) is 6.89. The van der Waals surface area contributed by atoms with Crippen LogP contribution in [0.1, 0.15) is 36.5 Å². The summed E-state index contributed by atoms with van der Waals surface area (Å²) >= 11 is 0. The van der Waals surface area contributed by atoms with Crippen LogP contribution in [0, 0.1) is 12.8 Å². The largest absolute Gasteiger partial charge is 0.381 e. The molecule has 0 aliphatic rings. The highest BCUT2D eigenvalue weighted by atomic mass is 16.5. The highest BCUT2D eigenvalue weighted by Gasteiger charge is 2.14. The lowest BCUT2D eigenvalue weighted by Gasteiger charge is -2.11. The molecule has 2 rings (SSSR count). The number of nitrogens with one attached hydrogen (secondary N) is 1. The van der Waals surface area contributed by atoms with E-state index in [4.69, 9.17) is 4.74 Å². The van der Waals surface area contributed by atoms with Gasteiger partial charge in [0.15, 0.2) is 5.69 Å². The van der Waals surface area contributed by atoms with Crippen LogP contribution >= 0.6 is 0 Å². The smallest absolute Gasteiger partial charge is 0.275 e. The second-order valence-corrected chi connectivity index (χ2v) is 6.32. The molecule has 2 aromatic rings. The summed E-state index contributed by atoms with van der Waals surface area (Å²) in [5.74, 6) is 0.0290. The summed E-state index contributed by atoms with van der Waals surface area (Å²) < 4.78 is 7.07. The van der Waals surface area contributed by atoms with Crippen molar-refractivity contribution in [2.45, 2.75) is 27.2 Å². The molecule has 134 valence electrons. The van der Waals surface area contributed by atoms with Crippen LogP contribution in [0.15, 0.2) is 41.2 Å². The number of aryl methyl sites for hydroxylation is 1. The molecule has 1 heterocycles. The Bertz CT molecular complexity index is 754. The van der Waals surface area contributed by atoms with Crippen molar-refractivity contribution in [3.63, 3.8) is 0 Å². The van der Waals surface area contributed by atoms with Gasteiger partial charge in [-0.1, -0.05) is 32.0 Å². The van der Waals surface area contributed by atoms with E-state index >= 15 is 0 Å². The van der Waals surface area contributed by atoms with Crippen LogP contribution in [-0.4, -0.2) is 35.4 Å². The van der Waals surface area contributed by atoms with Gasteiger partial charge >= 0.3 is 0 Å². The minimum Gasteiger partial charge on any atom is -0.381 e. The van der Waals surface area contributed by atoms with Crippen LogP contribution in [0.3, 0.4) is 0 Å². The minimum absolute atomic E-state index is 0.0995. The molecule has 0 saturated heterocycles. The molecule has 0 saturated carbocycles. The van der Waals surface area contributed by atoms with E-state index in [1.807, 2.05) is 30.3 Å². The van der Waals surface area contributed by atoms with Gasteiger partial charge < -0.3 is 10.1 Å². The van der Waals surface area contributed by atoms with Crippen molar-refractivity contribution in [2.24, 2.45) is 5.92 Å². The second-order valence-electron chi connectivity index (χ2n) is 6.32. The maximum atomic E-state index is 12.3. The summed E-state index contributed by atoms with van der Waals surface area (Å²) in [4.78, 5) is 24.4. The first-order valence-electron chi connectivity index (χ1n) is 8.51. The van der Waals surface area contributed by atoms with Crippen molar-refractivity contribution in [3.8, 4) is 5.69 Å². The Morgan fingerprint density at radius 3 is 2.68 bits per heavy atom. The maximum absolute atomic E-state index is 12.3. The van der Waals surface area contributed by atoms with Gasteiger partial charge in [-0.2, -0.15) is 5.10 Å². The highest BCUT2D eigenvalue weighted by molar-refractivity contribution is 5.92. The number of rotatable bonds is 8. The third-order valence-corrected chi connectivity index (χ3v) is 3.53. The molecule has 25 heavy (non-hydrogen) atoms. The fourth-order valence-corrected chi connectivity index (χ4v) is 2.31.